The SMILES string of the molecule is OCNCC(O)N1CCCC1. The number of likely N-dealkylation sites (tertiary alicyclic amines) is 1. The first-order valence-corrected chi connectivity index (χ1v) is 4.08. The highest BCUT2D eigenvalue weighted by molar-refractivity contribution is 4.69. The zero-order valence-corrected chi connectivity index (χ0v) is 6.66. The van der Waals surface area contributed by atoms with Crippen molar-refractivity contribution in [3.8, 4) is 0 Å². The molecule has 4 nitrogen and oxygen atoms in total. The van der Waals surface area contributed by atoms with Gasteiger partial charge >= 0.3 is 0 Å². The predicted octanol–water partition coefficient (Wildman–Crippen LogP) is -1.06. The first-order valence-electron chi connectivity index (χ1n) is 4.08. The van der Waals surface area contributed by atoms with Crippen LogP contribution in [0, 0.1) is 0 Å². The van der Waals surface area contributed by atoms with Gasteiger partial charge in [-0.15, -0.1) is 0 Å². The summed E-state index contributed by atoms with van der Waals surface area (Å²) in [4.78, 5) is 2.02. The van der Waals surface area contributed by atoms with Crippen LogP contribution in [0.4, 0.5) is 0 Å². The lowest BCUT2D eigenvalue weighted by Gasteiger charge is -2.21. The van der Waals surface area contributed by atoms with Gasteiger partial charge in [0.15, 0.2) is 0 Å². The lowest BCUT2D eigenvalue weighted by molar-refractivity contribution is 0.0169. The third kappa shape index (κ3) is 2.75. The van der Waals surface area contributed by atoms with Crippen molar-refractivity contribution < 1.29 is 10.2 Å². The largest absolute Gasteiger partial charge is 0.381 e. The number of aliphatic hydroxyl groups excluding tert-OH is 2. The molecule has 1 aliphatic heterocycles. The molecular formula is C7H16N2O2. The second kappa shape index (κ2) is 4.66. The molecule has 11 heavy (non-hydrogen) atoms. The molecule has 0 bridgehead atoms. The van der Waals surface area contributed by atoms with Crippen molar-refractivity contribution in [2.75, 3.05) is 26.4 Å². The Morgan fingerprint density at radius 3 is 2.55 bits per heavy atom. The average molecular weight is 160 g/mol. The van der Waals surface area contributed by atoms with Crippen molar-refractivity contribution in [2.45, 2.75) is 19.1 Å². The van der Waals surface area contributed by atoms with Gasteiger partial charge in [0.2, 0.25) is 0 Å². The summed E-state index contributed by atoms with van der Waals surface area (Å²) in [6.45, 7) is 2.35. The quantitative estimate of drug-likeness (QED) is 0.459. The number of hydrogen-bond donors (Lipinski definition) is 3. The monoisotopic (exact) mass is 160 g/mol. The van der Waals surface area contributed by atoms with Gasteiger partial charge in [-0.2, -0.15) is 0 Å². The Balaban J connectivity index is 2.12. The minimum atomic E-state index is -0.426. The van der Waals surface area contributed by atoms with Crippen molar-refractivity contribution >= 4 is 0 Å². The summed E-state index contributed by atoms with van der Waals surface area (Å²) in [7, 11) is 0. The van der Waals surface area contributed by atoms with Gasteiger partial charge in [0, 0.05) is 19.6 Å². The third-order valence-corrected chi connectivity index (χ3v) is 2.00. The molecule has 66 valence electrons. The third-order valence-electron chi connectivity index (χ3n) is 2.00. The van der Waals surface area contributed by atoms with E-state index < -0.39 is 6.23 Å². The Morgan fingerprint density at radius 1 is 1.36 bits per heavy atom. The van der Waals surface area contributed by atoms with E-state index in [9.17, 15) is 5.11 Å². The maximum absolute atomic E-state index is 9.43. The summed E-state index contributed by atoms with van der Waals surface area (Å²) in [6.07, 6.45) is 1.93. The molecule has 0 amide bonds. The molecule has 0 aromatic carbocycles. The molecule has 3 N–H and O–H groups in total. The number of nitrogens with zero attached hydrogens (tertiary/aromatic N) is 1. The molecule has 1 rings (SSSR count). The Morgan fingerprint density at radius 2 is 2.00 bits per heavy atom. The van der Waals surface area contributed by atoms with E-state index in [0.717, 1.165) is 13.1 Å². The van der Waals surface area contributed by atoms with E-state index in [1.165, 1.54) is 12.8 Å². The molecule has 0 saturated carbocycles. The number of nitrogens with one attached hydrogen (secondary N) is 1. The minimum absolute atomic E-state index is 0.0646. The van der Waals surface area contributed by atoms with Gasteiger partial charge in [-0.05, 0) is 12.8 Å². The molecule has 0 aliphatic carbocycles. The molecule has 1 heterocycles. The number of hydrogen-bond acceptors (Lipinski definition) is 4. The van der Waals surface area contributed by atoms with Gasteiger partial charge < -0.3 is 10.2 Å². The van der Waals surface area contributed by atoms with Gasteiger partial charge in [-0.25, -0.2) is 0 Å². The second-order valence-electron chi connectivity index (χ2n) is 2.84. The van der Waals surface area contributed by atoms with E-state index >= 15 is 0 Å². The van der Waals surface area contributed by atoms with Crippen LogP contribution in [0.15, 0.2) is 0 Å². The van der Waals surface area contributed by atoms with Crippen molar-refractivity contribution in [3.05, 3.63) is 0 Å². The minimum Gasteiger partial charge on any atom is -0.381 e. The predicted molar refractivity (Wildman–Crippen MR) is 41.9 cm³/mol. The molecular weight excluding hydrogens is 144 g/mol. The molecule has 0 aromatic rings. The fourth-order valence-corrected chi connectivity index (χ4v) is 1.36. The van der Waals surface area contributed by atoms with Crippen LogP contribution in [-0.2, 0) is 0 Å². The summed E-state index contributed by atoms with van der Waals surface area (Å²) in [5.74, 6) is 0. The fourth-order valence-electron chi connectivity index (χ4n) is 1.36. The van der Waals surface area contributed by atoms with E-state index in [-0.39, 0.29) is 6.73 Å². The first kappa shape index (κ1) is 8.93. The molecule has 0 spiro atoms. The smallest absolute Gasteiger partial charge is 0.120 e. The summed E-state index contributed by atoms with van der Waals surface area (Å²) < 4.78 is 0. The van der Waals surface area contributed by atoms with E-state index in [4.69, 9.17) is 5.11 Å². The summed E-state index contributed by atoms with van der Waals surface area (Å²) in [5, 5.41) is 20.5. The van der Waals surface area contributed by atoms with Crippen molar-refractivity contribution in [1.82, 2.24) is 10.2 Å². The zero-order chi connectivity index (χ0) is 8.10. The van der Waals surface area contributed by atoms with Crippen molar-refractivity contribution in [1.29, 1.82) is 0 Å². The molecule has 1 aliphatic rings. The standard InChI is InChI=1S/C7H16N2O2/c10-6-8-5-7(11)9-3-1-2-4-9/h7-8,10-11H,1-6H2. The molecule has 4 heteroatoms. The van der Waals surface area contributed by atoms with E-state index in [0.29, 0.717) is 6.54 Å². The van der Waals surface area contributed by atoms with Crippen LogP contribution < -0.4 is 5.32 Å². The van der Waals surface area contributed by atoms with Gasteiger partial charge in [0.1, 0.15) is 6.23 Å². The van der Waals surface area contributed by atoms with E-state index in [1.807, 2.05) is 4.90 Å². The summed E-state index contributed by atoms with van der Waals surface area (Å²) >= 11 is 0. The zero-order valence-electron chi connectivity index (χ0n) is 6.66. The Hall–Kier alpha value is -0.160. The molecule has 0 radical (unpaired) electrons. The average Bonchev–Trinajstić information content (AvgIpc) is 2.52. The Labute approximate surface area is 66.8 Å². The van der Waals surface area contributed by atoms with Crippen LogP contribution >= 0.6 is 0 Å². The highest BCUT2D eigenvalue weighted by Crippen LogP contribution is 2.09. The maximum Gasteiger partial charge on any atom is 0.120 e. The summed E-state index contributed by atoms with van der Waals surface area (Å²) in [6, 6.07) is 0. The van der Waals surface area contributed by atoms with Gasteiger partial charge in [0.25, 0.3) is 0 Å². The maximum atomic E-state index is 9.43. The van der Waals surface area contributed by atoms with E-state index in [2.05, 4.69) is 5.32 Å². The van der Waals surface area contributed by atoms with Crippen molar-refractivity contribution in [2.24, 2.45) is 0 Å². The lowest BCUT2D eigenvalue weighted by Crippen LogP contribution is -2.40. The van der Waals surface area contributed by atoms with Gasteiger partial charge in [-0.1, -0.05) is 0 Å². The first-order chi connectivity index (χ1) is 5.34. The van der Waals surface area contributed by atoms with Crippen LogP contribution in [0.25, 0.3) is 0 Å². The van der Waals surface area contributed by atoms with Crippen LogP contribution in [-0.4, -0.2) is 47.7 Å². The Bertz CT molecular complexity index is 105. The number of rotatable bonds is 4. The van der Waals surface area contributed by atoms with Crippen LogP contribution in [0.2, 0.25) is 0 Å². The molecule has 1 fully saturated rings. The van der Waals surface area contributed by atoms with E-state index in [1.54, 1.807) is 0 Å². The fraction of sp³-hybridized carbons (Fsp3) is 1.00. The Kier molecular flexibility index (Phi) is 3.79. The molecule has 1 saturated heterocycles. The van der Waals surface area contributed by atoms with Crippen molar-refractivity contribution in [3.63, 3.8) is 0 Å². The normalized spacial score (nSPS) is 22.4. The highest BCUT2D eigenvalue weighted by atomic mass is 16.3. The van der Waals surface area contributed by atoms with Crippen LogP contribution in [0.5, 0.6) is 0 Å². The summed E-state index contributed by atoms with van der Waals surface area (Å²) in [5.41, 5.74) is 0. The molecule has 1 unspecified atom stereocenters. The molecule has 1 atom stereocenters. The topological polar surface area (TPSA) is 55.7 Å². The van der Waals surface area contributed by atoms with Crippen LogP contribution in [0.1, 0.15) is 12.8 Å². The lowest BCUT2D eigenvalue weighted by atomic mass is 10.4. The highest BCUT2D eigenvalue weighted by Gasteiger charge is 2.18. The van der Waals surface area contributed by atoms with Gasteiger partial charge in [-0.3, -0.25) is 10.2 Å². The second-order valence-corrected chi connectivity index (χ2v) is 2.84. The number of aliphatic hydroxyl groups is 2. The molecule has 0 aromatic heterocycles. The van der Waals surface area contributed by atoms with Crippen LogP contribution in [0.3, 0.4) is 0 Å². The van der Waals surface area contributed by atoms with Gasteiger partial charge in [0.05, 0.1) is 6.73 Å².